The van der Waals surface area contributed by atoms with Gasteiger partial charge in [0.05, 0.1) is 13.0 Å². The second kappa shape index (κ2) is 8.17. The minimum Gasteiger partial charge on any atom is -0.394 e. The maximum atomic E-state index is 11.9. The molecule has 0 aromatic heterocycles. The van der Waals surface area contributed by atoms with Gasteiger partial charge in [0.1, 0.15) is 30.2 Å². The molecule has 5 atom stereocenters. The van der Waals surface area contributed by atoms with Crippen molar-refractivity contribution < 1.29 is 35.1 Å². The molecule has 0 spiro atoms. The zero-order valence-electron chi connectivity index (χ0n) is 12.3. The average molecular weight is 306 g/mol. The van der Waals surface area contributed by atoms with Gasteiger partial charge in [-0.15, -0.1) is 0 Å². The summed E-state index contributed by atoms with van der Waals surface area (Å²) in [7, 11) is 0. The number of hydrogen-bond donors (Lipinski definition) is 5. The van der Waals surface area contributed by atoms with Gasteiger partial charge >= 0.3 is 0 Å². The molecule has 7 heteroatoms. The number of hydrogen-bond acceptors (Lipinski definition) is 7. The summed E-state index contributed by atoms with van der Waals surface area (Å²) in [6, 6.07) is 0. The monoisotopic (exact) mass is 306 g/mol. The average Bonchev–Trinajstić information content (AvgIpc) is 2.45. The van der Waals surface area contributed by atoms with Gasteiger partial charge in [-0.2, -0.15) is 0 Å². The molecule has 0 bridgehead atoms. The zero-order chi connectivity index (χ0) is 16.0. The molecule has 1 heterocycles. The first kappa shape index (κ1) is 18.5. The lowest BCUT2D eigenvalue weighted by molar-refractivity contribution is -0.347. The number of carbonyl (C=O) groups excluding carboxylic acids is 1. The van der Waals surface area contributed by atoms with E-state index >= 15 is 0 Å². The molecule has 7 nitrogen and oxygen atoms in total. The number of aliphatic hydroxyl groups is 5. The minimum absolute atomic E-state index is 0.251. The van der Waals surface area contributed by atoms with Gasteiger partial charge in [-0.1, -0.05) is 26.2 Å². The van der Waals surface area contributed by atoms with Crippen molar-refractivity contribution in [3.05, 3.63) is 0 Å². The van der Waals surface area contributed by atoms with E-state index in [1.165, 1.54) is 0 Å². The van der Waals surface area contributed by atoms with Crippen LogP contribution >= 0.6 is 0 Å². The fraction of sp³-hybridized carbons (Fsp3) is 0.929. The maximum absolute atomic E-state index is 11.9. The standard InChI is InChI=1S/C14H26O7/c1-2-3-4-5-6-9(16)7-14(20)13(19)12(18)11(17)10(8-15)21-14/h10-13,15,17-20H,2-8H2,1H3/t10-,11+,12+,13-,14+/m1/s1. The van der Waals surface area contributed by atoms with Crippen molar-refractivity contribution in [2.75, 3.05) is 6.61 Å². The normalized spacial score (nSPS) is 36.7. The lowest BCUT2D eigenvalue weighted by Gasteiger charge is -2.45. The topological polar surface area (TPSA) is 127 Å². The van der Waals surface area contributed by atoms with Crippen molar-refractivity contribution in [1.29, 1.82) is 0 Å². The molecular weight excluding hydrogens is 280 g/mol. The highest BCUT2D eigenvalue weighted by molar-refractivity contribution is 5.79. The van der Waals surface area contributed by atoms with E-state index in [1.807, 2.05) is 0 Å². The van der Waals surface area contributed by atoms with E-state index in [2.05, 4.69) is 6.92 Å². The van der Waals surface area contributed by atoms with Gasteiger partial charge in [0.2, 0.25) is 5.79 Å². The number of Topliss-reactive ketones (excluding diaryl/α,β-unsaturated/α-hetero) is 1. The van der Waals surface area contributed by atoms with Crippen molar-refractivity contribution in [1.82, 2.24) is 0 Å². The number of carbonyl (C=O) groups is 1. The van der Waals surface area contributed by atoms with E-state index < -0.39 is 43.2 Å². The number of ketones is 1. The molecule has 124 valence electrons. The highest BCUT2D eigenvalue weighted by Crippen LogP contribution is 2.31. The van der Waals surface area contributed by atoms with E-state index in [-0.39, 0.29) is 12.2 Å². The summed E-state index contributed by atoms with van der Waals surface area (Å²) >= 11 is 0. The van der Waals surface area contributed by atoms with Crippen LogP contribution in [-0.4, -0.2) is 68.1 Å². The predicted molar refractivity (Wildman–Crippen MR) is 73.3 cm³/mol. The molecule has 0 aromatic rings. The van der Waals surface area contributed by atoms with Crippen molar-refractivity contribution in [2.45, 2.75) is 75.7 Å². The predicted octanol–water partition coefficient (Wildman–Crippen LogP) is -0.922. The van der Waals surface area contributed by atoms with Crippen molar-refractivity contribution in [2.24, 2.45) is 0 Å². The Kier molecular flexibility index (Phi) is 7.19. The second-order valence-corrected chi connectivity index (χ2v) is 5.64. The van der Waals surface area contributed by atoms with Gasteiger partial charge in [-0.3, -0.25) is 4.79 Å². The Balaban J connectivity index is 2.59. The maximum Gasteiger partial charge on any atom is 0.202 e. The lowest BCUT2D eigenvalue weighted by Crippen LogP contribution is -2.65. The summed E-state index contributed by atoms with van der Waals surface area (Å²) in [4.78, 5) is 11.9. The third-order valence-corrected chi connectivity index (χ3v) is 3.81. The molecule has 0 amide bonds. The van der Waals surface area contributed by atoms with Crippen LogP contribution in [0.2, 0.25) is 0 Å². The Morgan fingerprint density at radius 1 is 1.14 bits per heavy atom. The molecule has 0 unspecified atom stereocenters. The first-order valence-electron chi connectivity index (χ1n) is 7.42. The van der Waals surface area contributed by atoms with E-state index in [0.29, 0.717) is 6.42 Å². The Bertz CT molecular complexity index is 333. The number of unbranched alkanes of at least 4 members (excludes halogenated alkanes) is 3. The van der Waals surface area contributed by atoms with Crippen LogP contribution in [0.15, 0.2) is 0 Å². The molecule has 1 aliphatic rings. The van der Waals surface area contributed by atoms with Crippen LogP contribution in [0.1, 0.15) is 45.4 Å². The zero-order valence-corrected chi connectivity index (χ0v) is 12.3. The van der Waals surface area contributed by atoms with Crippen LogP contribution in [0.5, 0.6) is 0 Å². The summed E-state index contributed by atoms with van der Waals surface area (Å²) in [5.41, 5.74) is 0. The summed E-state index contributed by atoms with van der Waals surface area (Å²) in [6.45, 7) is 1.41. The Morgan fingerprint density at radius 2 is 1.81 bits per heavy atom. The van der Waals surface area contributed by atoms with Crippen LogP contribution < -0.4 is 0 Å². The van der Waals surface area contributed by atoms with Gasteiger partial charge < -0.3 is 30.3 Å². The van der Waals surface area contributed by atoms with Crippen LogP contribution in [0, 0.1) is 0 Å². The highest BCUT2D eigenvalue weighted by Gasteiger charge is 2.53. The molecular formula is C14H26O7. The molecule has 1 fully saturated rings. The molecule has 5 N–H and O–H groups in total. The molecule has 0 aliphatic carbocycles. The number of ether oxygens (including phenoxy) is 1. The van der Waals surface area contributed by atoms with Crippen molar-refractivity contribution in [3.63, 3.8) is 0 Å². The van der Waals surface area contributed by atoms with Gasteiger partial charge in [-0.05, 0) is 6.42 Å². The van der Waals surface area contributed by atoms with Crippen LogP contribution in [0.4, 0.5) is 0 Å². The molecule has 0 aromatic carbocycles. The molecule has 1 aliphatic heterocycles. The smallest absolute Gasteiger partial charge is 0.202 e. The van der Waals surface area contributed by atoms with Crippen LogP contribution in [-0.2, 0) is 9.53 Å². The third-order valence-electron chi connectivity index (χ3n) is 3.81. The van der Waals surface area contributed by atoms with Gasteiger partial charge in [-0.25, -0.2) is 0 Å². The molecule has 1 saturated heterocycles. The fourth-order valence-corrected chi connectivity index (χ4v) is 2.49. The summed E-state index contributed by atoms with van der Waals surface area (Å²) in [5, 5.41) is 48.4. The van der Waals surface area contributed by atoms with E-state index in [0.717, 1.165) is 19.3 Å². The largest absolute Gasteiger partial charge is 0.394 e. The molecule has 0 radical (unpaired) electrons. The van der Waals surface area contributed by atoms with E-state index in [4.69, 9.17) is 9.84 Å². The Labute approximate surface area is 124 Å². The highest BCUT2D eigenvalue weighted by atomic mass is 16.7. The third kappa shape index (κ3) is 4.70. The van der Waals surface area contributed by atoms with E-state index in [9.17, 15) is 25.2 Å². The first-order chi connectivity index (χ1) is 9.85. The molecule has 1 rings (SSSR count). The van der Waals surface area contributed by atoms with E-state index in [1.54, 1.807) is 0 Å². The number of aliphatic hydroxyl groups excluding tert-OH is 4. The summed E-state index contributed by atoms with van der Waals surface area (Å²) in [6.07, 6.45) is -2.84. The lowest BCUT2D eigenvalue weighted by atomic mass is 9.89. The van der Waals surface area contributed by atoms with Gasteiger partial charge in [0.25, 0.3) is 0 Å². The quantitative estimate of drug-likeness (QED) is 0.367. The van der Waals surface area contributed by atoms with Gasteiger partial charge in [0, 0.05) is 6.42 Å². The minimum atomic E-state index is -2.28. The van der Waals surface area contributed by atoms with Crippen molar-refractivity contribution >= 4 is 5.78 Å². The first-order valence-corrected chi connectivity index (χ1v) is 7.42. The second-order valence-electron chi connectivity index (χ2n) is 5.64. The van der Waals surface area contributed by atoms with Crippen LogP contribution in [0.3, 0.4) is 0 Å². The number of rotatable bonds is 8. The Morgan fingerprint density at radius 3 is 2.38 bits per heavy atom. The summed E-state index contributed by atoms with van der Waals surface area (Å²) < 4.78 is 5.04. The Hall–Kier alpha value is -0.570. The van der Waals surface area contributed by atoms with Crippen LogP contribution in [0.25, 0.3) is 0 Å². The SMILES string of the molecule is CCCCCCC(=O)C[C@]1(O)O[C@H](CO)[C@H](O)[C@H](O)[C@H]1O. The van der Waals surface area contributed by atoms with Gasteiger partial charge in [0.15, 0.2) is 0 Å². The summed E-state index contributed by atoms with van der Waals surface area (Å²) in [5.74, 6) is -2.58. The fourth-order valence-electron chi connectivity index (χ4n) is 2.49. The van der Waals surface area contributed by atoms with Crippen molar-refractivity contribution in [3.8, 4) is 0 Å². The molecule has 21 heavy (non-hydrogen) atoms. The molecule has 0 saturated carbocycles.